The standard InChI is InChI=1S/C23H29N3O2/c27-22(19-11-12-19)26(15-17-9-10-17)16-20-21(18-7-3-1-4-8-18)24-28-23(20)25-13-5-2-6-14-25/h1,3-4,7-8,17,19H,2,5-6,9-16H2. The van der Waals surface area contributed by atoms with E-state index in [9.17, 15) is 4.79 Å². The van der Waals surface area contributed by atoms with Crippen LogP contribution in [0.1, 0.15) is 50.5 Å². The molecule has 0 spiro atoms. The van der Waals surface area contributed by atoms with E-state index in [0.29, 0.717) is 18.4 Å². The fourth-order valence-electron chi connectivity index (χ4n) is 4.24. The highest BCUT2D eigenvalue weighted by Crippen LogP contribution is 2.38. The Morgan fingerprint density at radius 2 is 1.82 bits per heavy atom. The maximum Gasteiger partial charge on any atom is 0.232 e. The van der Waals surface area contributed by atoms with Crippen LogP contribution in [0, 0.1) is 11.8 Å². The lowest BCUT2D eigenvalue weighted by atomic mass is 10.0. The molecule has 1 amide bonds. The number of carbonyl (C=O) groups is 1. The molecule has 1 aromatic carbocycles. The molecule has 2 aromatic rings. The zero-order valence-corrected chi connectivity index (χ0v) is 16.5. The highest BCUT2D eigenvalue weighted by atomic mass is 16.5. The fraction of sp³-hybridized carbons (Fsp3) is 0.565. The van der Waals surface area contributed by atoms with Gasteiger partial charge in [0.05, 0.1) is 12.1 Å². The average molecular weight is 380 g/mol. The lowest BCUT2D eigenvalue weighted by molar-refractivity contribution is -0.133. The van der Waals surface area contributed by atoms with Crippen LogP contribution in [0.25, 0.3) is 11.3 Å². The Labute approximate surface area is 166 Å². The highest BCUT2D eigenvalue weighted by Gasteiger charge is 2.37. The van der Waals surface area contributed by atoms with Crippen LogP contribution in [0.3, 0.4) is 0 Å². The van der Waals surface area contributed by atoms with Gasteiger partial charge in [-0.2, -0.15) is 0 Å². The van der Waals surface area contributed by atoms with Crippen molar-refractivity contribution in [1.29, 1.82) is 0 Å². The number of hydrogen-bond donors (Lipinski definition) is 0. The average Bonchev–Trinajstić information content (AvgIpc) is 3.67. The molecule has 0 N–H and O–H groups in total. The second-order valence-corrected chi connectivity index (χ2v) is 8.67. The zero-order chi connectivity index (χ0) is 18.9. The van der Waals surface area contributed by atoms with Gasteiger partial charge in [0.25, 0.3) is 0 Å². The van der Waals surface area contributed by atoms with Crippen LogP contribution in [0.4, 0.5) is 5.88 Å². The SMILES string of the molecule is O=C(C1CC1)N(Cc1c(-c2ccccc2)noc1N1CCCCC1)CC1CC1. The van der Waals surface area contributed by atoms with Gasteiger partial charge in [0.1, 0.15) is 5.69 Å². The first-order valence-electron chi connectivity index (χ1n) is 10.9. The van der Waals surface area contributed by atoms with Crippen molar-refractivity contribution in [2.45, 2.75) is 51.5 Å². The molecule has 0 unspecified atom stereocenters. The maximum atomic E-state index is 13.0. The van der Waals surface area contributed by atoms with Gasteiger partial charge in [-0.25, -0.2) is 0 Å². The summed E-state index contributed by atoms with van der Waals surface area (Å²) in [6, 6.07) is 10.2. The number of benzene rings is 1. The molecule has 5 heteroatoms. The Hall–Kier alpha value is -2.30. The van der Waals surface area contributed by atoms with Gasteiger partial charge in [0, 0.05) is 31.1 Å². The normalized spacial score (nSPS) is 19.6. The van der Waals surface area contributed by atoms with Crippen LogP contribution < -0.4 is 4.90 Å². The van der Waals surface area contributed by atoms with Gasteiger partial charge in [0.15, 0.2) is 0 Å². The second-order valence-electron chi connectivity index (χ2n) is 8.67. The smallest absolute Gasteiger partial charge is 0.232 e. The monoisotopic (exact) mass is 379 g/mol. The third-order valence-electron chi connectivity index (χ3n) is 6.22. The lowest BCUT2D eigenvalue weighted by Gasteiger charge is -2.28. The van der Waals surface area contributed by atoms with Gasteiger partial charge in [-0.05, 0) is 50.9 Å². The van der Waals surface area contributed by atoms with E-state index >= 15 is 0 Å². The first-order chi connectivity index (χ1) is 13.8. The van der Waals surface area contributed by atoms with Crippen molar-refractivity contribution in [1.82, 2.24) is 10.1 Å². The molecule has 3 aliphatic rings. The number of amides is 1. The quantitative estimate of drug-likeness (QED) is 0.712. The summed E-state index contributed by atoms with van der Waals surface area (Å²) in [5.41, 5.74) is 3.04. The molecule has 28 heavy (non-hydrogen) atoms. The molecular weight excluding hydrogens is 350 g/mol. The number of rotatable bonds is 7. The van der Waals surface area contributed by atoms with Gasteiger partial charge >= 0.3 is 0 Å². The highest BCUT2D eigenvalue weighted by molar-refractivity contribution is 5.81. The molecule has 2 aliphatic carbocycles. The molecular formula is C23H29N3O2. The van der Waals surface area contributed by atoms with E-state index < -0.39 is 0 Å². The molecule has 148 valence electrons. The van der Waals surface area contributed by atoms with Crippen molar-refractivity contribution < 1.29 is 9.32 Å². The number of nitrogens with zero attached hydrogens (tertiary/aromatic N) is 3. The first-order valence-corrected chi connectivity index (χ1v) is 10.9. The van der Waals surface area contributed by atoms with Gasteiger partial charge in [-0.15, -0.1) is 0 Å². The molecule has 1 saturated heterocycles. The van der Waals surface area contributed by atoms with Crippen molar-refractivity contribution >= 4 is 11.8 Å². The summed E-state index contributed by atoms with van der Waals surface area (Å²) in [5, 5.41) is 4.47. The molecule has 0 atom stereocenters. The van der Waals surface area contributed by atoms with Gasteiger partial charge in [0.2, 0.25) is 11.8 Å². The predicted molar refractivity (Wildman–Crippen MR) is 109 cm³/mol. The lowest BCUT2D eigenvalue weighted by Crippen LogP contribution is -2.35. The zero-order valence-electron chi connectivity index (χ0n) is 16.5. The van der Waals surface area contributed by atoms with Crippen LogP contribution in [0.5, 0.6) is 0 Å². The Balaban J connectivity index is 1.48. The number of carbonyl (C=O) groups excluding carboxylic acids is 1. The van der Waals surface area contributed by atoms with Crippen molar-refractivity contribution in [3.63, 3.8) is 0 Å². The van der Waals surface area contributed by atoms with E-state index in [1.54, 1.807) is 0 Å². The number of piperidine rings is 1. The Bertz CT molecular complexity index is 818. The van der Waals surface area contributed by atoms with Crippen molar-refractivity contribution in [2.24, 2.45) is 11.8 Å². The van der Waals surface area contributed by atoms with E-state index in [1.165, 1.54) is 32.1 Å². The van der Waals surface area contributed by atoms with Crippen molar-refractivity contribution in [2.75, 3.05) is 24.5 Å². The predicted octanol–water partition coefficient (Wildman–Crippen LogP) is 4.48. The molecule has 0 bridgehead atoms. The summed E-state index contributed by atoms with van der Waals surface area (Å²) in [6.07, 6.45) is 8.26. The summed E-state index contributed by atoms with van der Waals surface area (Å²) in [6.45, 7) is 3.52. The van der Waals surface area contributed by atoms with Crippen LogP contribution in [-0.4, -0.2) is 35.6 Å². The van der Waals surface area contributed by atoms with Crippen molar-refractivity contribution in [3.8, 4) is 11.3 Å². The van der Waals surface area contributed by atoms with Crippen LogP contribution in [0.15, 0.2) is 34.9 Å². The number of anilines is 1. The second kappa shape index (κ2) is 7.61. The van der Waals surface area contributed by atoms with Gasteiger partial charge < -0.3 is 14.3 Å². The number of hydrogen-bond acceptors (Lipinski definition) is 4. The molecule has 5 nitrogen and oxygen atoms in total. The van der Waals surface area contributed by atoms with Crippen LogP contribution in [0.2, 0.25) is 0 Å². The minimum Gasteiger partial charge on any atom is -0.340 e. The van der Waals surface area contributed by atoms with E-state index in [-0.39, 0.29) is 5.92 Å². The van der Waals surface area contributed by atoms with Crippen LogP contribution in [-0.2, 0) is 11.3 Å². The molecule has 3 fully saturated rings. The summed E-state index contributed by atoms with van der Waals surface area (Å²) in [5.74, 6) is 2.14. The first kappa shape index (κ1) is 17.8. The van der Waals surface area contributed by atoms with Crippen LogP contribution >= 0.6 is 0 Å². The molecule has 2 saturated carbocycles. The third-order valence-corrected chi connectivity index (χ3v) is 6.22. The summed E-state index contributed by atoms with van der Waals surface area (Å²) >= 11 is 0. The third kappa shape index (κ3) is 3.80. The van der Waals surface area contributed by atoms with E-state index in [0.717, 1.165) is 55.2 Å². The Morgan fingerprint density at radius 1 is 1.07 bits per heavy atom. The van der Waals surface area contributed by atoms with Gasteiger partial charge in [-0.1, -0.05) is 35.5 Å². The summed E-state index contributed by atoms with van der Waals surface area (Å²) < 4.78 is 5.90. The molecule has 1 aliphatic heterocycles. The maximum absolute atomic E-state index is 13.0. The van der Waals surface area contributed by atoms with E-state index in [2.05, 4.69) is 27.1 Å². The summed E-state index contributed by atoms with van der Waals surface area (Å²) in [4.78, 5) is 17.4. The Morgan fingerprint density at radius 3 is 2.50 bits per heavy atom. The van der Waals surface area contributed by atoms with E-state index in [1.807, 2.05) is 18.2 Å². The van der Waals surface area contributed by atoms with Gasteiger partial charge in [-0.3, -0.25) is 4.79 Å². The Kier molecular flexibility index (Phi) is 4.83. The fourth-order valence-corrected chi connectivity index (χ4v) is 4.24. The van der Waals surface area contributed by atoms with Crippen molar-refractivity contribution in [3.05, 3.63) is 35.9 Å². The number of aromatic nitrogens is 1. The minimum absolute atomic E-state index is 0.247. The topological polar surface area (TPSA) is 49.6 Å². The van der Waals surface area contributed by atoms with E-state index in [4.69, 9.17) is 4.52 Å². The summed E-state index contributed by atoms with van der Waals surface area (Å²) in [7, 11) is 0. The molecule has 1 aromatic heterocycles. The molecule has 2 heterocycles. The largest absolute Gasteiger partial charge is 0.340 e. The molecule has 0 radical (unpaired) electrons. The minimum atomic E-state index is 0.247. The molecule has 5 rings (SSSR count).